The quantitative estimate of drug-likeness (QED) is 0.779. The van der Waals surface area contributed by atoms with Gasteiger partial charge in [-0.05, 0) is 7.05 Å². The maximum absolute atomic E-state index is 5.13. The van der Waals surface area contributed by atoms with E-state index < -0.39 is 0 Å². The highest BCUT2D eigenvalue weighted by molar-refractivity contribution is 6.54. The first-order chi connectivity index (χ1) is 11.3. The van der Waals surface area contributed by atoms with E-state index in [1.54, 1.807) is 0 Å². The summed E-state index contributed by atoms with van der Waals surface area (Å²) < 4.78 is 0. The lowest BCUT2D eigenvalue weighted by molar-refractivity contribution is -0.00000503. The summed E-state index contributed by atoms with van der Waals surface area (Å²) in [5, 5.41) is 0. The first kappa shape index (κ1) is 16.9. The second-order valence-electron chi connectivity index (χ2n) is 6.44. The Morgan fingerprint density at radius 3 is 1.58 bits per heavy atom. The number of piperidine rings is 1. The molecule has 0 aliphatic carbocycles. The lowest BCUT2D eigenvalue weighted by Crippen LogP contribution is -3.00. The molecule has 1 spiro atoms. The van der Waals surface area contributed by atoms with Gasteiger partial charge in [-0.15, -0.1) is 0 Å². The third-order valence-electron chi connectivity index (χ3n) is 4.75. The molecule has 0 bridgehead atoms. The Bertz CT molecular complexity index is 687. The van der Waals surface area contributed by atoms with E-state index in [2.05, 4.69) is 60.5 Å². The molecule has 4 rings (SSSR count). The highest BCUT2D eigenvalue weighted by atomic mass is 35.5. The molecule has 3 nitrogen and oxygen atoms in total. The zero-order valence-electron chi connectivity index (χ0n) is 13.8. The van der Waals surface area contributed by atoms with Crippen LogP contribution in [0.25, 0.3) is 0 Å². The summed E-state index contributed by atoms with van der Waals surface area (Å²) in [5.74, 6) is 0. The average Bonchev–Trinajstić information content (AvgIpc) is 2.99. The van der Waals surface area contributed by atoms with E-state index in [-0.39, 0.29) is 18.1 Å². The number of likely N-dealkylation sites (tertiary alicyclic amines) is 1. The third kappa shape index (κ3) is 3.14. The molecule has 2 aliphatic rings. The number of aliphatic imine (C=N–C) groups is 2. The molecule has 24 heavy (non-hydrogen) atoms. The number of nitrogens with zero attached hydrogens (tertiary/aromatic N) is 3. The van der Waals surface area contributed by atoms with E-state index in [4.69, 9.17) is 9.98 Å². The van der Waals surface area contributed by atoms with Crippen molar-refractivity contribution in [3.63, 3.8) is 0 Å². The van der Waals surface area contributed by atoms with Crippen molar-refractivity contribution in [2.75, 3.05) is 20.1 Å². The van der Waals surface area contributed by atoms with Crippen molar-refractivity contribution in [2.45, 2.75) is 18.5 Å². The molecule has 0 atom stereocenters. The van der Waals surface area contributed by atoms with Gasteiger partial charge in [-0.1, -0.05) is 60.7 Å². The second-order valence-corrected chi connectivity index (χ2v) is 6.44. The molecule has 2 aliphatic heterocycles. The summed E-state index contributed by atoms with van der Waals surface area (Å²) in [5.41, 5.74) is 4.14. The van der Waals surface area contributed by atoms with E-state index in [1.165, 1.54) is 0 Å². The summed E-state index contributed by atoms with van der Waals surface area (Å²) in [7, 11) is 2.17. The fraction of sp³-hybridized carbons (Fsp3) is 0.300. The fourth-order valence-corrected chi connectivity index (χ4v) is 3.34. The van der Waals surface area contributed by atoms with Crippen LogP contribution in [-0.2, 0) is 0 Å². The van der Waals surface area contributed by atoms with Crippen molar-refractivity contribution < 1.29 is 12.4 Å². The number of rotatable bonds is 2. The van der Waals surface area contributed by atoms with Crippen molar-refractivity contribution in [3.05, 3.63) is 71.8 Å². The predicted octanol–water partition coefficient (Wildman–Crippen LogP) is 0.405. The van der Waals surface area contributed by atoms with E-state index in [0.717, 1.165) is 48.5 Å². The molecule has 1 saturated heterocycles. The van der Waals surface area contributed by atoms with Crippen LogP contribution in [0.3, 0.4) is 0 Å². The second kappa shape index (κ2) is 6.88. The van der Waals surface area contributed by atoms with Crippen LogP contribution < -0.4 is 12.4 Å². The van der Waals surface area contributed by atoms with Gasteiger partial charge >= 0.3 is 0 Å². The van der Waals surface area contributed by atoms with Gasteiger partial charge in [0.25, 0.3) is 0 Å². The summed E-state index contributed by atoms with van der Waals surface area (Å²) in [6.45, 7) is 2.11. The number of hydrogen-bond acceptors (Lipinski definition) is 3. The Balaban J connectivity index is 0.00000169. The standard InChI is InChI=1S/C20H21N3.ClH/c1-23-14-12-20(13-15-23)21-18(16-8-4-2-5-9-16)19(22-20)17-10-6-3-7-11-17;/h2-11H,12-15H2,1H3;1H/p-1. The molecule has 4 heteroatoms. The topological polar surface area (TPSA) is 28.0 Å². The zero-order chi connectivity index (χ0) is 15.7. The van der Waals surface area contributed by atoms with Gasteiger partial charge in [-0.25, -0.2) is 0 Å². The number of benzene rings is 2. The number of halogens is 1. The van der Waals surface area contributed by atoms with Gasteiger partial charge in [0.15, 0.2) is 5.66 Å². The number of hydrogen-bond donors (Lipinski definition) is 0. The monoisotopic (exact) mass is 338 g/mol. The van der Waals surface area contributed by atoms with Crippen LogP contribution in [-0.4, -0.2) is 42.1 Å². The summed E-state index contributed by atoms with van der Waals surface area (Å²) in [4.78, 5) is 12.6. The molecule has 0 amide bonds. The Kier molecular flexibility index (Phi) is 4.83. The summed E-state index contributed by atoms with van der Waals surface area (Å²) in [6.07, 6.45) is 1.99. The highest BCUT2D eigenvalue weighted by Crippen LogP contribution is 2.34. The summed E-state index contributed by atoms with van der Waals surface area (Å²) in [6, 6.07) is 20.9. The van der Waals surface area contributed by atoms with Crippen molar-refractivity contribution in [2.24, 2.45) is 9.98 Å². The van der Waals surface area contributed by atoms with Gasteiger partial charge in [0.2, 0.25) is 0 Å². The van der Waals surface area contributed by atoms with Crippen LogP contribution in [0.5, 0.6) is 0 Å². The lowest BCUT2D eigenvalue weighted by Gasteiger charge is -2.33. The molecule has 124 valence electrons. The predicted molar refractivity (Wildman–Crippen MR) is 95.4 cm³/mol. The van der Waals surface area contributed by atoms with Gasteiger partial charge in [0, 0.05) is 37.1 Å². The van der Waals surface area contributed by atoms with E-state index in [1.807, 2.05) is 12.1 Å². The molecular weight excluding hydrogens is 318 g/mol. The maximum atomic E-state index is 5.13. The van der Waals surface area contributed by atoms with Crippen molar-refractivity contribution in [1.29, 1.82) is 0 Å². The normalized spacial score (nSPS) is 19.5. The SMILES string of the molecule is CN1CCC2(CC1)N=C(c1ccccc1)C(c1ccccc1)=N2.[Cl-]. The smallest absolute Gasteiger partial charge is 0.154 e. The third-order valence-corrected chi connectivity index (χ3v) is 4.75. The Morgan fingerprint density at radius 2 is 1.17 bits per heavy atom. The molecule has 2 aromatic carbocycles. The highest BCUT2D eigenvalue weighted by Gasteiger charge is 2.39. The van der Waals surface area contributed by atoms with Gasteiger partial charge < -0.3 is 17.3 Å². The lowest BCUT2D eigenvalue weighted by atomic mass is 9.99. The van der Waals surface area contributed by atoms with Crippen LogP contribution in [0.15, 0.2) is 70.6 Å². The molecular formula is C20H21ClN3-. The Hall–Kier alpha value is -1.97. The zero-order valence-corrected chi connectivity index (χ0v) is 14.6. The van der Waals surface area contributed by atoms with Crippen LogP contribution in [0.4, 0.5) is 0 Å². The minimum Gasteiger partial charge on any atom is -1.00 e. The Morgan fingerprint density at radius 1 is 0.750 bits per heavy atom. The van der Waals surface area contributed by atoms with E-state index in [0.29, 0.717) is 0 Å². The Labute approximate surface area is 149 Å². The average molecular weight is 339 g/mol. The molecule has 0 saturated carbocycles. The van der Waals surface area contributed by atoms with E-state index in [9.17, 15) is 0 Å². The molecule has 1 fully saturated rings. The van der Waals surface area contributed by atoms with Gasteiger partial charge in [-0.3, -0.25) is 9.98 Å². The summed E-state index contributed by atoms with van der Waals surface area (Å²) >= 11 is 0. The largest absolute Gasteiger partial charge is 1.00 e. The maximum Gasteiger partial charge on any atom is 0.154 e. The van der Waals surface area contributed by atoms with Gasteiger partial charge in [0.1, 0.15) is 0 Å². The van der Waals surface area contributed by atoms with Crippen molar-refractivity contribution in [1.82, 2.24) is 4.90 Å². The minimum absolute atomic E-state index is 0. The first-order valence-electron chi connectivity index (χ1n) is 8.25. The molecule has 2 heterocycles. The van der Waals surface area contributed by atoms with Crippen LogP contribution in [0.1, 0.15) is 24.0 Å². The van der Waals surface area contributed by atoms with E-state index >= 15 is 0 Å². The van der Waals surface area contributed by atoms with Crippen LogP contribution >= 0.6 is 0 Å². The molecule has 0 N–H and O–H groups in total. The van der Waals surface area contributed by atoms with Crippen LogP contribution in [0.2, 0.25) is 0 Å². The molecule has 0 aromatic heterocycles. The van der Waals surface area contributed by atoms with Gasteiger partial charge in [-0.2, -0.15) is 0 Å². The molecule has 2 aromatic rings. The first-order valence-corrected chi connectivity index (χ1v) is 8.25. The van der Waals surface area contributed by atoms with Crippen LogP contribution in [0, 0.1) is 0 Å². The van der Waals surface area contributed by atoms with Crippen molar-refractivity contribution >= 4 is 11.4 Å². The minimum atomic E-state index is -0.261. The fourth-order valence-electron chi connectivity index (χ4n) is 3.34. The van der Waals surface area contributed by atoms with Crippen molar-refractivity contribution in [3.8, 4) is 0 Å². The molecule has 0 radical (unpaired) electrons. The molecule has 0 unspecified atom stereocenters. The van der Waals surface area contributed by atoms with Gasteiger partial charge in [0.05, 0.1) is 11.4 Å².